The zero-order valence-electron chi connectivity index (χ0n) is 15.9. The molecule has 0 aliphatic rings. The van der Waals surface area contributed by atoms with E-state index in [2.05, 4.69) is 15.5 Å². The van der Waals surface area contributed by atoms with Crippen LogP contribution in [0.1, 0.15) is 38.2 Å². The van der Waals surface area contributed by atoms with Gasteiger partial charge in [0.2, 0.25) is 0 Å². The Morgan fingerprint density at radius 1 is 1.21 bits per heavy atom. The topological polar surface area (TPSA) is 89.9 Å². The average molecular weight is 409 g/mol. The lowest BCUT2D eigenvalue weighted by Gasteiger charge is -2.10. The van der Waals surface area contributed by atoms with Crippen LogP contribution < -0.4 is 14.9 Å². The van der Waals surface area contributed by atoms with E-state index in [0.29, 0.717) is 34.1 Å². The first-order chi connectivity index (χ1) is 14.1. The number of nitrogens with zero attached hydrogens (tertiary/aromatic N) is 2. The van der Waals surface area contributed by atoms with Gasteiger partial charge in [-0.25, -0.2) is 10.2 Å². The van der Waals surface area contributed by atoms with Crippen molar-refractivity contribution in [1.29, 1.82) is 0 Å². The predicted molar refractivity (Wildman–Crippen MR) is 111 cm³/mol. The van der Waals surface area contributed by atoms with Gasteiger partial charge in [-0.05, 0) is 61.2 Å². The Morgan fingerprint density at radius 3 is 2.76 bits per heavy atom. The molecule has 0 aliphatic heterocycles. The van der Waals surface area contributed by atoms with Crippen LogP contribution in [0.5, 0.6) is 11.5 Å². The van der Waals surface area contributed by atoms with Crippen LogP contribution in [0.2, 0.25) is 0 Å². The van der Waals surface area contributed by atoms with Crippen molar-refractivity contribution in [2.75, 3.05) is 6.61 Å². The van der Waals surface area contributed by atoms with Crippen LogP contribution >= 0.6 is 11.3 Å². The van der Waals surface area contributed by atoms with Crippen LogP contribution in [0.4, 0.5) is 0 Å². The van der Waals surface area contributed by atoms with Crippen molar-refractivity contribution in [3.05, 3.63) is 75.7 Å². The minimum Gasteiger partial charge on any atom is -0.490 e. The second-order valence-electron chi connectivity index (χ2n) is 5.89. The number of rotatable bonds is 7. The van der Waals surface area contributed by atoms with E-state index in [0.717, 1.165) is 5.69 Å². The third kappa shape index (κ3) is 5.49. The van der Waals surface area contributed by atoms with Gasteiger partial charge in [0.15, 0.2) is 11.5 Å². The average Bonchev–Trinajstić information content (AvgIpc) is 3.25. The molecule has 0 radical (unpaired) electrons. The Kier molecular flexibility index (Phi) is 6.70. The van der Waals surface area contributed by atoms with Crippen LogP contribution in [0.15, 0.2) is 59.1 Å². The summed E-state index contributed by atoms with van der Waals surface area (Å²) in [5, 5.41) is 5.76. The van der Waals surface area contributed by atoms with Gasteiger partial charge in [0.1, 0.15) is 4.88 Å². The molecule has 3 rings (SSSR count). The fourth-order valence-electron chi connectivity index (χ4n) is 2.33. The molecule has 3 aromatic rings. The Bertz CT molecular complexity index is 1010. The summed E-state index contributed by atoms with van der Waals surface area (Å²) in [6.45, 7) is 4.08. The molecule has 2 aromatic heterocycles. The van der Waals surface area contributed by atoms with Crippen molar-refractivity contribution >= 4 is 29.4 Å². The zero-order valence-corrected chi connectivity index (χ0v) is 16.7. The Balaban J connectivity index is 1.68. The molecule has 0 fully saturated rings. The molecule has 0 saturated heterocycles. The highest BCUT2D eigenvalue weighted by Gasteiger charge is 2.14. The van der Waals surface area contributed by atoms with Crippen LogP contribution in [0.3, 0.4) is 0 Å². The number of aromatic nitrogens is 1. The van der Waals surface area contributed by atoms with Crippen LogP contribution in [0, 0.1) is 6.92 Å². The number of thiophene rings is 1. The number of hydrogen-bond acceptors (Lipinski definition) is 7. The minimum atomic E-state index is -0.443. The van der Waals surface area contributed by atoms with E-state index in [1.165, 1.54) is 23.7 Å². The first kappa shape index (κ1) is 20.2. The number of benzene rings is 1. The lowest BCUT2D eigenvalue weighted by Crippen LogP contribution is -2.17. The standard InChI is InChI=1S/C21H19N3O4S/c1-3-27-18-11-15(7-9-17(18)28-21(26)19-5-4-10-29-19)12-23-24-20(25)16-8-6-14(2)22-13-16/h4-13H,3H2,1-2H3,(H,24,25). The summed E-state index contributed by atoms with van der Waals surface area (Å²) in [5.74, 6) is -0.0748. The van der Waals surface area contributed by atoms with Gasteiger partial charge in [-0.3, -0.25) is 9.78 Å². The van der Waals surface area contributed by atoms with Crippen molar-refractivity contribution < 1.29 is 19.1 Å². The molecule has 0 bridgehead atoms. The van der Waals surface area contributed by atoms with E-state index in [-0.39, 0.29) is 5.91 Å². The summed E-state index contributed by atoms with van der Waals surface area (Å²) in [4.78, 5) is 28.8. The Morgan fingerprint density at radius 2 is 2.07 bits per heavy atom. The minimum absolute atomic E-state index is 0.317. The van der Waals surface area contributed by atoms with Crippen molar-refractivity contribution in [3.8, 4) is 11.5 Å². The summed E-state index contributed by atoms with van der Waals surface area (Å²) in [5.41, 5.74) is 4.36. The van der Waals surface area contributed by atoms with Gasteiger partial charge in [-0.15, -0.1) is 11.3 Å². The number of hydrogen-bond donors (Lipinski definition) is 1. The number of carbonyl (C=O) groups is 2. The van der Waals surface area contributed by atoms with Gasteiger partial charge in [-0.1, -0.05) is 6.07 Å². The summed E-state index contributed by atoms with van der Waals surface area (Å²) < 4.78 is 11.0. The van der Waals surface area contributed by atoms with Crippen molar-refractivity contribution in [2.24, 2.45) is 5.10 Å². The van der Waals surface area contributed by atoms with Crippen molar-refractivity contribution in [1.82, 2.24) is 10.4 Å². The quantitative estimate of drug-likeness (QED) is 0.277. The highest BCUT2D eigenvalue weighted by molar-refractivity contribution is 7.12. The monoisotopic (exact) mass is 409 g/mol. The van der Waals surface area contributed by atoms with Gasteiger partial charge >= 0.3 is 5.97 Å². The number of amides is 1. The molecule has 148 valence electrons. The van der Waals surface area contributed by atoms with Crippen molar-refractivity contribution in [2.45, 2.75) is 13.8 Å². The molecule has 0 saturated carbocycles. The van der Waals surface area contributed by atoms with E-state index in [4.69, 9.17) is 9.47 Å². The van der Waals surface area contributed by atoms with E-state index in [9.17, 15) is 9.59 Å². The third-order valence-electron chi connectivity index (χ3n) is 3.75. The van der Waals surface area contributed by atoms with E-state index < -0.39 is 5.97 Å². The van der Waals surface area contributed by atoms with E-state index in [1.54, 1.807) is 47.8 Å². The molecule has 1 N–H and O–H groups in total. The number of hydrazone groups is 1. The summed E-state index contributed by atoms with van der Waals surface area (Å²) in [6, 6.07) is 11.9. The Labute approximate surface area is 172 Å². The second kappa shape index (κ2) is 9.61. The number of carbonyl (C=O) groups excluding carboxylic acids is 2. The highest BCUT2D eigenvalue weighted by Crippen LogP contribution is 2.29. The number of nitrogens with one attached hydrogen (secondary N) is 1. The third-order valence-corrected chi connectivity index (χ3v) is 4.60. The molecule has 0 aliphatic carbocycles. The number of esters is 1. The predicted octanol–water partition coefficient (Wildman–Crippen LogP) is 3.83. The number of ether oxygens (including phenoxy) is 2. The molecule has 0 atom stereocenters. The zero-order chi connectivity index (χ0) is 20.6. The first-order valence-electron chi connectivity index (χ1n) is 8.85. The molecule has 2 heterocycles. The maximum atomic E-state index is 12.2. The highest BCUT2D eigenvalue weighted by atomic mass is 32.1. The maximum Gasteiger partial charge on any atom is 0.353 e. The molecule has 0 unspecified atom stereocenters. The number of aryl methyl sites for hydroxylation is 1. The van der Waals surface area contributed by atoms with Crippen LogP contribution in [0.25, 0.3) is 0 Å². The van der Waals surface area contributed by atoms with Gasteiger partial charge in [0, 0.05) is 11.9 Å². The first-order valence-corrected chi connectivity index (χ1v) is 9.73. The van der Waals surface area contributed by atoms with Crippen LogP contribution in [-0.4, -0.2) is 29.7 Å². The molecule has 1 amide bonds. The van der Waals surface area contributed by atoms with Crippen LogP contribution in [-0.2, 0) is 0 Å². The SMILES string of the molecule is CCOc1cc(C=NNC(=O)c2ccc(C)nc2)ccc1OC(=O)c1cccs1. The fraction of sp³-hybridized carbons (Fsp3) is 0.143. The smallest absolute Gasteiger partial charge is 0.353 e. The second-order valence-corrected chi connectivity index (χ2v) is 6.84. The van der Waals surface area contributed by atoms with Gasteiger partial charge < -0.3 is 9.47 Å². The number of pyridine rings is 1. The van der Waals surface area contributed by atoms with Gasteiger partial charge in [0.25, 0.3) is 5.91 Å². The molecular formula is C21H19N3O4S. The van der Waals surface area contributed by atoms with Crippen molar-refractivity contribution in [3.63, 3.8) is 0 Å². The molecule has 0 spiro atoms. The van der Waals surface area contributed by atoms with E-state index in [1.807, 2.05) is 13.8 Å². The summed E-state index contributed by atoms with van der Waals surface area (Å²) in [7, 11) is 0. The normalized spacial score (nSPS) is 10.7. The lowest BCUT2D eigenvalue weighted by atomic mass is 10.2. The molecule has 7 nitrogen and oxygen atoms in total. The Hall–Kier alpha value is -3.52. The lowest BCUT2D eigenvalue weighted by molar-refractivity contribution is 0.0733. The summed E-state index contributed by atoms with van der Waals surface area (Å²) >= 11 is 1.30. The largest absolute Gasteiger partial charge is 0.490 e. The molecule has 1 aromatic carbocycles. The summed E-state index contributed by atoms with van der Waals surface area (Å²) in [6.07, 6.45) is 2.97. The molecule has 29 heavy (non-hydrogen) atoms. The fourth-order valence-corrected chi connectivity index (χ4v) is 2.93. The molecular weight excluding hydrogens is 390 g/mol. The van der Waals surface area contributed by atoms with Gasteiger partial charge in [0.05, 0.1) is 18.4 Å². The maximum absolute atomic E-state index is 12.2. The van der Waals surface area contributed by atoms with E-state index >= 15 is 0 Å². The molecule has 8 heteroatoms. The van der Waals surface area contributed by atoms with Gasteiger partial charge in [-0.2, -0.15) is 5.10 Å².